The van der Waals surface area contributed by atoms with Crippen molar-refractivity contribution < 1.29 is 9.59 Å². The Kier molecular flexibility index (Phi) is 4.39. The molecule has 2 saturated heterocycles. The van der Waals surface area contributed by atoms with Gasteiger partial charge in [0.05, 0.1) is 11.3 Å². The molecule has 0 bridgehead atoms. The first kappa shape index (κ1) is 15.3. The average molecular weight is 321 g/mol. The summed E-state index contributed by atoms with van der Waals surface area (Å²) in [6.45, 7) is 4.41. The second-order valence-corrected chi connectivity index (χ2v) is 6.75. The molecule has 2 aliphatic heterocycles. The predicted molar refractivity (Wildman–Crippen MR) is 87.3 cm³/mol. The Morgan fingerprint density at radius 1 is 1.27 bits per heavy atom. The van der Waals surface area contributed by atoms with Gasteiger partial charge in [0.2, 0.25) is 5.91 Å². The van der Waals surface area contributed by atoms with E-state index in [1.807, 2.05) is 4.90 Å². The minimum absolute atomic E-state index is 0.0120. The molecule has 2 amide bonds. The molecule has 2 heterocycles. The van der Waals surface area contributed by atoms with Crippen LogP contribution in [0.5, 0.6) is 0 Å². The van der Waals surface area contributed by atoms with Crippen LogP contribution in [0.3, 0.4) is 0 Å². The highest BCUT2D eigenvalue weighted by molar-refractivity contribution is 6.31. The van der Waals surface area contributed by atoms with E-state index in [9.17, 15) is 9.59 Å². The maximum Gasteiger partial charge on any atom is 0.255 e. The van der Waals surface area contributed by atoms with Crippen molar-refractivity contribution in [1.82, 2.24) is 4.90 Å². The van der Waals surface area contributed by atoms with E-state index in [-0.39, 0.29) is 11.8 Å². The average Bonchev–Trinajstić information content (AvgIpc) is 2.92. The van der Waals surface area contributed by atoms with E-state index in [4.69, 9.17) is 11.6 Å². The van der Waals surface area contributed by atoms with Crippen LogP contribution in [-0.2, 0) is 4.79 Å². The molecule has 1 aromatic carbocycles. The van der Waals surface area contributed by atoms with Gasteiger partial charge in [-0.25, -0.2) is 0 Å². The summed E-state index contributed by atoms with van der Waals surface area (Å²) in [4.78, 5) is 28.5. The highest BCUT2D eigenvalue weighted by Gasteiger charge is 2.29. The zero-order valence-electron chi connectivity index (χ0n) is 12.8. The summed E-state index contributed by atoms with van der Waals surface area (Å²) in [5.41, 5.74) is 1.26. The number of rotatable bonds is 2. The molecule has 4 nitrogen and oxygen atoms in total. The van der Waals surface area contributed by atoms with Gasteiger partial charge in [0.25, 0.3) is 5.91 Å². The topological polar surface area (TPSA) is 40.6 Å². The molecule has 0 spiro atoms. The molecule has 0 aromatic heterocycles. The van der Waals surface area contributed by atoms with Crippen molar-refractivity contribution in [3.63, 3.8) is 0 Å². The van der Waals surface area contributed by atoms with Crippen molar-refractivity contribution in [2.75, 3.05) is 24.5 Å². The maximum atomic E-state index is 12.9. The number of nitrogens with zero attached hydrogens (tertiary/aromatic N) is 2. The molecule has 5 heteroatoms. The van der Waals surface area contributed by atoms with Crippen LogP contribution >= 0.6 is 11.6 Å². The minimum atomic E-state index is 0.0120. The first-order valence-corrected chi connectivity index (χ1v) is 8.33. The highest BCUT2D eigenvalue weighted by Crippen LogP contribution is 2.30. The van der Waals surface area contributed by atoms with Gasteiger partial charge < -0.3 is 9.80 Å². The van der Waals surface area contributed by atoms with E-state index in [0.29, 0.717) is 35.2 Å². The number of hydrogen-bond donors (Lipinski definition) is 0. The summed E-state index contributed by atoms with van der Waals surface area (Å²) in [6.07, 6.45) is 3.58. The second kappa shape index (κ2) is 6.29. The van der Waals surface area contributed by atoms with Gasteiger partial charge in [-0.3, -0.25) is 9.59 Å². The SMILES string of the molecule is CC1CCCN(C(=O)c2ccc(Cl)cc2N2CCCC2=O)C1. The van der Waals surface area contributed by atoms with E-state index in [1.54, 1.807) is 23.1 Å². The smallest absolute Gasteiger partial charge is 0.255 e. The Morgan fingerprint density at radius 3 is 2.77 bits per heavy atom. The predicted octanol–water partition coefficient (Wildman–Crippen LogP) is 3.34. The van der Waals surface area contributed by atoms with Gasteiger partial charge in [-0.05, 0) is 43.4 Å². The number of carbonyl (C=O) groups excluding carboxylic acids is 2. The number of carbonyl (C=O) groups is 2. The fourth-order valence-electron chi connectivity index (χ4n) is 3.36. The Labute approximate surface area is 136 Å². The molecule has 1 aromatic rings. The number of halogens is 1. The van der Waals surface area contributed by atoms with Crippen LogP contribution in [0.25, 0.3) is 0 Å². The lowest BCUT2D eigenvalue weighted by atomic mass is 9.99. The van der Waals surface area contributed by atoms with Crippen LogP contribution in [0.4, 0.5) is 5.69 Å². The van der Waals surface area contributed by atoms with E-state index >= 15 is 0 Å². The highest BCUT2D eigenvalue weighted by atomic mass is 35.5. The van der Waals surface area contributed by atoms with Gasteiger partial charge in [-0.1, -0.05) is 18.5 Å². The third-order valence-corrected chi connectivity index (χ3v) is 4.73. The molecule has 3 rings (SSSR count). The van der Waals surface area contributed by atoms with Crippen LogP contribution in [-0.4, -0.2) is 36.3 Å². The maximum absolute atomic E-state index is 12.9. The summed E-state index contributed by atoms with van der Waals surface area (Å²) in [7, 11) is 0. The molecular weight excluding hydrogens is 300 g/mol. The lowest BCUT2D eigenvalue weighted by molar-refractivity contribution is -0.117. The van der Waals surface area contributed by atoms with E-state index in [2.05, 4.69) is 6.92 Å². The van der Waals surface area contributed by atoms with Crippen molar-refractivity contribution in [2.45, 2.75) is 32.6 Å². The summed E-state index contributed by atoms with van der Waals surface area (Å²) < 4.78 is 0. The first-order chi connectivity index (χ1) is 10.6. The zero-order chi connectivity index (χ0) is 15.7. The lowest BCUT2D eigenvalue weighted by Crippen LogP contribution is -2.40. The fourth-order valence-corrected chi connectivity index (χ4v) is 3.52. The van der Waals surface area contributed by atoms with Gasteiger partial charge in [0.15, 0.2) is 0 Å². The first-order valence-electron chi connectivity index (χ1n) is 7.95. The van der Waals surface area contributed by atoms with Gasteiger partial charge >= 0.3 is 0 Å². The molecule has 0 radical (unpaired) electrons. The van der Waals surface area contributed by atoms with Gasteiger partial charge in [0, 0.05) is 31.1 Å². The molecule has 0 aliphatic carbocycles. The molecule has 2 aliphatic rings. The number of anilines is 1. The minimum Gasteiger partial charge on any atom is -0.338 e. The van der Waals surface area contributed by atoms with Gasteiger partial charge in [0.1, 0.15) is 0 Å². The normalized spacial score (nSPS) is 22.3. The molecule has 1 unspecified atom stereocenters. The molecule has 2 fully saturated rings. The fraction of sp³-hybridized carbons (Fsp3) is 0.529. The van der Waals surface area contributed by atoms with Crippen molar-refractivity contribution in [2.24, 2.45) is 5.92 Å². The van der Waals surface area contributed by atoms with E-state index in [1.165, 1.54) is 6.42 Å². The van der Waals surface area contributed by atoms with Gasteiger partial charge in [-0.15, -0.1) is 0 Å². The summed E-state index contributed by atoms with van der Waals surface area (Å²) in [6, 6.07) is 5.22. The second-order valence-electron chi connectivity index (χ2n) is 6.31. The molecule has 0 N–H and O–H groups in total. The summed E-state index contributed by atoms with van der Waals surface area (Å²) in [5.74, 6) is 0.614. The Morgan fingerprint density at radius 2 is 2.09 bits per heavy atom. The third kappa shape index (κ3) is 2.98. The van der Waals surface area contributed by atoms with Crippen LogP contribution in [0.1, 0.15) is 43.0 Å². The zero-order valence-corrected chi connectivity index (χ0v) is 13.6. The Balaban J connectivity index is 1.92. The summed E-state index contributed by atoms with van der Waals surface area (Å²) >= 11 is 6.09. The summed E-state index contributed by atoms with van der Waals surface area (Å²) in [5, 5.41) is 0.554. The van der Waals surface area contributed by atoms with E-state index in [0.717, 1.165) is 25.9 Å². The van der Waals surface area contributed by atoms with Crippen LogP contribution in [0, 0.1) is 5.92 Å². The number of amides is 2. The molecule has 22 heavy (non-hydrogen) atoms. The van der Waals surface area contributed by atoms with Crippen molar-refractivity contribution in [3.05, 3.63) is 28.8 Å². The van der Waals surface area contributed by atoms with Crippen LogP contribution in [0.2, 0.25) is 5.02 Å². The van der Waals surface area contributed by atoms with Crippen molar-refractivity contribution in [1.29, 1.82) is 0 Å². The number of benzene rings is 1. The quantitative estimate of drug-likeness (QED) is 0.838. The van der Waals surface area contributed by atoms with Gasteiger partial charge in [-0.2, -0.15) is 0 Å². The van der Waals surface area contributed by atoms with Crippen molar-refractivity contribution in [3.8, 4) is 0 Å². The Hall–Kier alpha value is -1.55. The molecule has 118 valence electrons. The van der Waals surface area contributed by atoms with Crippen LogP contribution in [0.15, 0.2) is 18.2 Å². The largest absolute Gasteiger partial charge is 0.338 e. The molecule has 1 atom stereocenters. The number of likely N-dealkylation sites (tertiary alicyclic amines) is 1. The lowest BCUT2D eigenvalue weighted by Gasteiger charge is -2.32. The molecule has 0 saturated carbocycles. The van der Waals surface area contributed by atoms with Crippen molar-refractivity contribution >= 4 is 29.1 Å². The monoisotopic (exact) mass is 320 g/mol. The van der Waals surface area contributed by atoms with E-state index < -0.39 is 0 Å². The third-order valence-electron chi connectivity index (χ3n) is 4.50. The van der Waals surface area contributed by atoms with Crippen LogP contribution < -0.4 is 4.90 Å². The Bertz CT molecular complexity index is 602. The molecular formula is C17H21ClN2O2. The standard InChI is InChI=1S/C17H21ClN2O2/c1-12-4-2-8-19(11-12)17(22)14-7-6-13(18)10-15(14)20-9-3-5-16(20)21/h6-7,10,12H,2-5,8-9,11H2,1H3. The number of hydrogen-bond acceptors (Lipinski definition) is 2. The number of piperidine rings is 1.